The van der Waals surface area contributed by atoms with E-state index in [0.29, 0.717) is 64.4 Å². The Morgan fingerprint density at radius 3 is 1.04 bits per heavy atom. The van der Waals surface area contributed by atoms with E-state index in [4.69, 9.17) is 99.5 Å². The van der Waals surface area contributed by atoms with E-state index >= 15 is 9.59 Å². The van der Waals surface area contributed by atoms with Crippen molar-refractivity contribution < 1.29 is 133 Å². The Balaban J connectivity index is 1.10. The predicted molar refractivity (Wildman–Crippen MR) is 465 cm³/mol. The number of hydrogen-bond acceptors (Lipinski definition) is 28. The van der Waals surface area contributed by atoms with Gasteiger partial charge in [-0.1, -0.05) is 227 Å². The standard InChI is InChI=1S/C98H131NO28/c1-9-16-54-108-64-73-77(82(111-57-19-12-4)85(113-59-21-14-6)94(117-73)115-61-53-99(62-67-41-29-23-30-42-67)98(106)116-63-68-43-31-24-32-44-68)124-95-86(114-60-22-15-7)83(112-58-20-13-5)78(74(118-95)65-109-55-17-10-2)125-96-88(123-92(104)72-51-39-28-40-52-72)84(121-90(102)70-47-35-26-36-48-70)79(75(119-96)66-110-56-18-11-3)126-97-87(122-91(103)71-49-37-27-38-50-71)80(76(100)81(127-97)93(105)107-8)120-89(101)69-45-33-25-34-46-69/h23-52,73-88,94-97,100H,9-22,53-66H2,1-8H3/t73?,74?,75?,76-,77-,78+,79+,80?,81?,82-,83-,84?,85?,86?,87-,88-,94-,95+,96-,97+/m0/s1. The molecule has 29 nitrogen and oxygen atoms in total. The lowest BCUT2D eigenvalue weighted by atomic mass is 9.94. The molecule has 0 aromatic heterocycles. The van der Waals surface area contributed by atoms with E-state index in [-0.39, 0.29) is 101 Å². The van der Waals surface area contributed by atoms with Crippen molar-refractivity contribution in [2.45, 2.75) is 274 Å². The quantitative estimate of drug-likeness (QED) is 0.0211. The van der Waals surface area contributed by atoms with Crippen LogP contribution in [0.5, 0.6) is 0 Å². The molecular formula is C98H131NO28. The predicted octanol–water partition coefficient (Wildman–Crippen LogP) is 14.5. The van der Waals surface area contributed by atoms with E-state index in [1.54, 1.807) is 77.7 Å². The third-order valence-corrected chi connectivity index (χ3v) is 21.9. The minimum absolute atomic E-state index is 0.00960. The fraction of sp³-hybridized carbons (Fsp3) is 0.571. The first-order valence-electron chi connectivity index (χ1n) is 45.3. The van der Waals surface area contributed by atoms with Crippen molar-refractivity contribution in [3.63, 3.8) is 0 Å². The van der Waals surface area contributed by atoms with Gasteiger partial charge in [-0.15, -0.1) is 0 Å². The topological polar surface area (TPSA) is 320 Å². The van der Waals surface area contributed by atoms with Gasteiger partial charge in [-0.05, 0) is 105 Å². The average Bonchev–Trinajstić information content (AvgIpc) is 0.758. The molecule has 0 aliphatic carbocycles. The smallest absolute Gasteiger partial charge is 0.410 e. The molecule has 8 unspecified atom stereocenters. The summed E-state index contributed by atoms with van der Waals surface area (Å²) in [7, 11) is 1.05. The third kappa shape index (κ3) is 30.5. The number of nitrogens with zero attached hydrogens (tertiary/aromatic N) is 1. The van der Waals surface area contributed by atoms with Gasteiger partial charge in [0.25, 0.3) is 0 Å². The highest BCUT2D eigenvalue weighted by molar-refractivity contribution is 5.91. The van der Waals surface area contributed by atoms with Crippen LogP contribution in [0, 0.1) is 0 Å². The van der Waals surface area contributed by atoms with E-state index in [2.05, 4.69) is 20.8 Å². The molecule has 0 saturated carbocycles. The molecule has 20 atom stereocenters. The Bertz CT molecular complexity index is 4090. The molecule has 6 aromatic carbocycles. The molecule has 0 bridgehead atoms. The Hall–Kier alpha value is -8.70. The molecule has 127 heavy (non-hydrogen) atoms. The summed E-state index contributed by atoms with van der Waals surface area (Å²) in [6.45, 7) is 15.6. The molecule has 10 rings (SSSR count). The maximum absolute atomic E-state index is 15.4. The van der Waals surface area contributed by atoms with Crippen LogP contribution in [0.1, 0.15) is 191 Å². The van der Waals surface area contributed by atoms with Gasteiger partial charge in [-0.3, -0.25) is 0 Å². The van der Waals surface area contributed by atoms with Crippen molar-refractivity contribution in [2.24, 2.45) is 0 Å². The highest BCUT2D eigenvalue weighted by atomic mass is 16.8. The Morgan fingerprint density at radius 2 is 0.646 bits per heavy atom. The number of amides is 1. The van der Waals surface area contributed by atoms with Crippen molar-refractivity contribution in [2.75, 3.05) is 86.3 Å². The number of unbranched alkanes of at least 4 members (excludes halogenated alkanes) is 7. The number of ether oxygens (including phenoxy) is 21. The number of carbonyl (C=O) groups excluding carboxylic acids is 6. The summed E-state index contributed by atoms with van der Waals surface area (Å²) in [4.78, 5) is 90.0. The Labute approximate surface area is 746 Å². The molecule has 4 aliphatic heterocycles. The first-order valence-corrected chi connectivity index (χ1v) is 45.3. The first kappa shape index (κ1) is 100. The van der Waals surface area contributed by atoms with Crippen molar-refractivity contribution in [1.82, 2.24) is 4.90 Å². The molecule has 1 N–H and O–H groups in total. The molecule has 6 aromatic rings. The largest absolute Gasteiger partial charge is 0.467 e. The zero-order chi connectivity index (χ0) is 89.9. The van der Waals surface area contributed by atoms with Gasteiger partial charge in [-0.2, -0.15) is 0 Å². The number of hydrogen-bond donors (Lipinski definition) is 1. The number of aliphatic hydroxyl groups excluding tert-OH is 1. The van der Waals surface area contributed by atoms with Gasteiger partial charge in [0, 0.05) is 59.3 Å². The summed E-state index contributed by atoms with van der Waals surface area (Å²) in [5, 5.41) is 12.4. The fourth-order valence-corrected chi connectivity index (χ4v) is 14.8. The summed E-state index contributed by atoms with van der Waals surface area (Å²) in [5.41, 5.74) is 1.81. The molecular weight excluding hydrogens is 1640 g/mol. The minimum atomic E-state index is -2.11. The minimum Gasteiger partial charge on any atom is -0.467 e. The van der Waals surface area contributed by atoms with E-state index in [1.807, 2.05) is 88.4 Å². The maximum atomic E-state index is 15.4. The highest BCUT2D eigenvalue weighted by Gasteiger charge is 2.61. The van der Waals surface area contributed by atoms with Crippen molar-refractivity contribution >= 4 is 35.9 Å². The van der Waals surface area contributed by atoms with E-state index in [0.717, 1.165) is 50.3 Å². The fourth-order valence-electron chi connectivity index (χ4n) is 14.8. The number of benzene rings is 6. The van der Waals surface area contributed by atoms with Crippen LogP contribution in [-0.4, -0.2) is 255 Å². The number of carbonyl (C=O) groups is 6. The molecule has 1 amide bonds. The van der Waals surface area contributed by atoms with Crippen LogP contribution in [-0.2, 0) is 117 Å². The number of esters is 5. The van der Waals surface area contributed by atoms with Gasteiger partial charge in [0.05, 0.1) is 55.8 Å². The van der Waals surface area contributed by atoms with Crippen LogP contribution in [0.15, 0.2) is 182 Å². The van der Waals surface area contributed by atoms with Gasteiger partial charge in [0.2, 0.25) is 0 Å². The summed E-state index contributed by atoms with van der Waals surface area (Å²) < 4.78 is 143. The third-order valence-electron chi connectivity index (χ3n) is 21.9. The molecule has 0 spiro atoms. The van der Waals surface area contributed by atoms with Crippen LogP contribution in [0.4, 0.5) is 4.79 Å². The normalized spacial score (nSPS) is 25.9. The molecule has 29 heteroatoms. The van der Waals surface area contributed by atoms with Gasteiger partial charge < -0.3 is 109 Å². The molecule has 0 radical (unpaired) electrons. The summed E-state index contributed by atoms with van der Waals surface area (Å²) in [6, 6.07) is 50.7. The second-order valence-corrected chi connectivity index (χ2v) is 31.7. The molecule has 4 heterocycles. The number of rotatable bonds is 54. The second-order valence-electron chi connectivity index (χ2n) is 31.7. The van der Waals surface area contributed by atoms with Crippen molar-refractivity contribution in [3.8, 4) is 0 Å². The molecule has 4 aliphatic rings. The van der Waals surface area contributed by atoms with E-state index < -0.39 is 165 Å². The number of aliphatic hydroxyl groups is 1. The van der Waals surface area contributed by atoms with Crippen LogP contribution < -0.4 is 0 Å². The van der Waals surface area contributed by atoms with E-state index in [9.17, 15) is 24.3 Å². The van der Waals surface area contributed by atoms with Gasteiger partial charge in [-0.25, -0.2) is 28.8 Å². The summed E-state index contributed by atoms with van der Waals surface area (Å²) >= 11 is 0. The van der Waals surface area contributed by atoms with Gasteiger partial charge in [0.15, 0.2) is 55.7 Å². The Morgan fingerprint density at radius 1 is 0.331 bits per heavy atom. The van der Waals surface area contributed by atoms with Crippen LogP contribution >= 0.6 is 0 Å². The monoisotopic (exact) mass is 1770 g/mol. The van der Waals surface area contributed by atoms with Crippen molar-refractivity contribution in [1.29, 1.82) is 0 Å². The second kappa shape index (κ2) is 55.4. The summed E-state index contributed by atoms with van der Waals surface area (Å²) in [5.74, 6) is -5.10. The summed E-state index contributed by atoms with van der Waals surface area (Å²) in [6.07, 6.45) is -21.7. The number of methoxy groups -OCH3 is 1. The lowest BCUT2D eigenvalue weighted by molar-refractivity contribution is -0.394. The van der Waals surface area contributed by atoms with Gasteiger partial charge >= 0.3 is 35.9 Å². The zero-order valence-corrected chi connectivity index (χ0v) is 74.6. The highest BCUT2D eigenvalue weighted by Crippen LogP contribution is 2.41. The lowest BCUT2D eigenvalue weighted by Crippen LogP contribution is -2.69. The lowest BCUT2D eigenvalue weighted by Gasteiger charge is -2.52. The average molecular weight is 1770 g/mol. The molecule has 696 valence electrons. The van der Waals surface area contributed by atoms with Crippen molar-refractivity contribution in [3.05, 3.63) is 215 Å². The van der Waals surface area contributed by atoms with Crippen LogP contribution in [0.25, 0.3) is 0 Å². The molecule has 4 fully saturated rings. The van der Waals surface area contributed by atoms with Gasteiger partial charge in [0.1, 0.15) is 73.8 Å². The van der Waals surface area contributed by atoms with E-state index in [1.165, 1.54) is 48.5 Å². The molecule has 4 saturated heterocycles. The van der Waals surface area contributed by atoms with Crippen LogP contribution in [0.2, 0.25) is 0 Å². The first-order chi connectivity index (χ1) is 62.1. The maximum Gasteiger partial charge on any atom is 0.410 e. The Kier molecular flexibility index (Phi) is 43.8. The van der Waals surface area contributed by atoms with Crippen LogP contribution in [0.3, 0.4) is 0 Å². The SMILES string of the molecule is CCCCOCC1O[C@@H](O[C@@H]2C(COCCCC)O[C@H](O[C@H]3C(COCCCC)O[C@H](OCCN(Cc4ccccc4)C(=O)OCc4ccccc4)C(OCCCC)[C@H]3OCCCC)C(OCCCC)[C@H]2OCCCC)[C@@H](OC(=O)c2ccccc2)C(OC(=O)c2ccccc2)[C@@H]1O[C@@H]1OC(C(=O)OC)[C@@H](O)C(OC(=O)c2ccccc2)[C@@H]1OC(=O)c1ccccc1. The zero-order valence-electron chi connectivity index (χ0n) is 74.6.